The number of rotatable bonds is 3. The van der Waals surface area contributed by atoms with Crippen LogP contribution in [-0.2, 0) is 4.79 Å². The Morgan fingerprint density at radius 2 is 2.05 bits per heavy atom. The van der Waals surface area contributed by atoms with Crippen molar-refractivity contribution in [3.8, 4) is 0 Å². The summed E-state index contributed by atoms with van der Waals surface area (Å²) in [6, 6.07) is 11.9. The van der Waals surface area contributed by atoms with Gasteiger partial charge in [0, 0.05) is 30.8 Å². The van der Waals surface area contributed by atoms with Gasteiger partial charge in [-0.05, 0) is 37.7 Å². The van der Waals surface area contributed by atoms with Crippen LogP contribution in [0.15, 0.2) is 30.3 Å². The third-order valence-corrected chi connectivity index (χ3v) is 6.10. The summed E-state index contributed by atoms with van der Waals surface area (Å²) >= 11 is 1.57. The molecule has 1 aliphatic carbocycles. The van der Waals surface area contributed by atoms with Gasteiger partial charge in [-0.15, -0.1) is 0 Å². The average molecular weight is 289 g/mol. The van der Waals surface area contributed by atoms with Crippen LogP contribution in [0.2, 0.25) is 0 Å². The lowest BCUT2D eigenvalue weighted by Gasteiger charge is -2.41. The molecule has 4 atom stereocenters. The van der Waals surface area contributed by atoms with Crippen molar-refractivity contribution in [3.63, 3.8) is 0 Å². The molecule has 0 unspecified atom stereocenters. The predicted molar refractivity (Wildman–Crippen MR) is 84.8 cm³/mol. The molecule has 108 valence electrons. The molecular formula is C17H23NOS. The standard InChI is InChI=1S/C17H23NOS/c1-12(14-6-4-3-5-7-14)18-11-17(20-13(2)19)15-8-9-16(18)10-15/h3-7,12,15-17H,8-11H2,1-2H3/t12-,15+,16-,17+/m0/s1. The molecule has 2 fully saturated rings. The molecule has 1 aromatic rings. The average Bonchev–Trinajstić information content (AvgIpc) is 2.87. The molecule has 3 rings (SSSR count). The van der Waals surface area contributed by atoms with Gasteiger partial charge in [0.05, 0.1) is 0 Å². The van der Waals surface area contributed by atoms with Gasteiger partial charge in [0.1, 0.15) is 0 Å². The molecule has 0 aromatic heterocycles. The Bertz CT molecular complexity index is 475. The maximum Gasteiger partial charge on any atom is 0.186 e. The first-order valence-corrected chi connectivity index (χ1v) is 8.51. The summed E-state index contributed by atoms with van der Waals surface area (Å²) in [5.41, 5.74) is 1.39. The number of likely N-dealkylation sites (tertiary alicyclic amines) is 1. The lowest BCUT2D eigenvalue weighted by molar-refractivity contribution is -0.109. The zero-order chi connectivity index (χ0) is 14.1. The molecule has 2 aliphatic rings. The number of carbonyl (C=O) groups excluding carboxylic acids is 1. The molecule has 1 heterocycles. The number of piperidine rings is 1. The van der Waals surface area contributed by atoms with E-state index < -0.39 is 0 Å². The van der Waals surface area contributed by atoms with Crippen molar-refractivity contribution in [1.82, 2.24) is 4.90 Å². The number of benzene rings is 1. The summed E-state index contributed by atoms with van der Waals surface area (Å²) in [5, 5.41) is 0.769. The van der Waals surface area contributed by atoms with E-state index in [0.29, 0.717) is 11.3 Å². The number of carbonyl (C=O) groups is 1. The van der Waals surface area contributed by atoms with Crippen molar-refractivity contribution in [2.45, 2.75) is 50.4 Å². The van der Waals surface area contributed by atoms with Gasteiger partial charge < -0.3 is 0 Å². The molecule has 0 radical (unpaired) electrons. The normalized spacial score (nSPS) is 31.2. The fraction of sp³-hybridized carbons (Fsp3) is 0.588. The summed E-state index contributed by atoms with van der Waals surface area (Å²) < 4.78 is 0. The molecule has 0 N–H and O–H groups in total. The Morgan fingerprint density at radius 3 is 2.75 bits per heavy atom. The third-order valence-electron chi connectivity index (χ3n) is 4.93. The van der Waals surface area contributed by atoms with E-state index in [9.17, 15) is 4.79 Å². The van der Waals surface area contributed by atoms with Gasteiger partial charge in [0.2, 0.25) is 0 Å². The van der Waals surface area contributed by atoms with E-state index in [1.54, 1.807) is 18.7 Å². The molecule has 20 heavy (non-hydrogen) atoms. The highest BCUT2D eigenvalue weighted by Crippen LogP contribution is 2.44. The summed E-state index contributed by atoms with van der Waals surface area (Å²) in [7, 11) is 0. The first-order valence-electron chi connectivity index (χ1n) is 7.63. The van der Waals surface area contributed by atoms with Crippen LogP contribution in [-0.4, -0.2) is 27.9 Å². The lowest BCUT2D eigenvalue weighted by Crippen LogP contribution is -2.45. The van der Waals surface area contributed by atoms with Crippen LogP contribution in [0.5, 0.6) is 0 Å². The molecule has 2 bridgehead atoms. The highest BCUT2D eigenvalue weighted by Gasteiger charge is 2.42. The fourth-order valence-corrected chi connectivity index (χ4v) is 4.99. The van der Waals surface area contributed by atoms with Crippen molar-refractivity contribution < 1.29 is 4.79 Å². The molecule has 3 heteroatoms. The number of thioether (sulfide) groups is 1. The van der Waals surface area contributed by atoms with Crippen LogP contribution in [0.3, 0.4) is 0 Å². The van der Waals surface area contributed by atoms with Gasteiger partial charge >= 0.3 is 0 Å². The van der Waals surface area contributed by atoms with Crippen molar-refractivity contribution >= 4 is 16.9 Å². The minimum absolute atomic E-state index is 0.271. The molecule has 2 nitrogen and oxygen atoms in total. The smallest absolute Gasteiger partial charge is 0.186 e. The molecule has 1 aliphatic heterocycles. The van der Waals surface area contributed by atoms with Crippen molar-refractivity contribution in [2.24, 2.45) is 5.92 Å². The summed E-state index contributed by atoms with van der Waals surface area (Å²) in [6.07, 6.45) is 3.88. The van der Waals surface area contributed by atoms with E-state index >= 15 is 0 Å². The van der Waals surface area contributed by atoms with Crippen molar-refractivity contribution in [2.75, 3.05) is 6.54 Å². The van der Waals surface area contributed by atoms with E-state index in [-0.39, 0.29) is 5.12 Å². The van der Waals surface area contributed by atoms with Crippen LogP contribution in [0.1, 0.15) is 44.7 Å². The first kappa shape index (κ1) is 14.2. The van der Waals surface area contributed by atoms with Gasteiger partial charge in [-0.3, -0.25) is 9.69 Å². The van der Waals surface area contributed by atoms with Gasteiger partial charge in [-0.1, -0.05) is 42.1 Å². The molecule has 0 amide bonds. The van der Waals surface area contributed by atoms with Crippen LogP contribution in [0.4, 0.5) is 0 Å². The summed E-state index contributed by atoms with van der Waals surface area (Å²) in [4.78, 5) is 14.1. The topological polar surface area (TPSA) is 20.3 Å². The van der Waals surface area contributed by atoms with Crippen LogP contribution < -0.4 is 0 Å². The van der Waals surface area contributed by atoms with Gasteiger partial charge in [0.15, 0.2) is 5.12 Å². The van der Waals surface area contributed by atoms with Crippen molar-refractivity contribution in [1.29, 1.82) is 0 Å². The second kappa shape index (κ2) is 5.90. The lowest BCUT2D eigenvalue weighted by atomic mass is 9.95. The highest BCUT2D eigenvalue weighted by molar-refractivity contribution is 8.14. The Kier molecular flexibility index (Phi) is 4.18. The molecule has 1 saturated carbocycles. The highest BCUT2D eigenvalue weighted by atomic mass is 32.2. The zero-order valence-corrected chi connectivity index (χ0v) is 13.1. The van der Waals surface area contributed by atoms with Gasteiger partial charge in [0.25, 0.3) is 0 Å². The molecule has 1 saturated heterocycles. The van der Waals surface area contributed by atoms with E-state index in [2.05, 4.69) is 42.2 Å². The minimum atomic E-state index is 0.271. The van der Waals surface area contributed by atoms with Crippen molar-refractivity contribution in [3.05, 3.63) is 35.9 Å². The second-order valence-corrected chi connectivity index (χ2v) is 7.57. The SMILES string of the molecule is CC(=O)S[C@@H]1CN([C@@H](C)c2ccccc2)[C@H]2CC[C@@H]1C2. The number of hydrogen-bond acceptors (Lipinski definition) is 3. The predicted octanol–water partition coefficient (Wildman–Crippen LogP) is 3.88. The Morgan fingerprint density at radius 1 is 1.30 bits per heavy atom. The Labute approximate surface area is 125 Å². The van der Waals surface area contributed by atoms with E-state index in [1.165, 1.54) is 24.8 Å². The quantitative estimate of drug-likeness (QED) is 0.842. The maximum absolute atomic E-state index is 11.5. The Hall–Kier alpha value is -0.800. The number of fused-ring (bicyclic) bond motifs is 2. The van der Waals surface area contributed by atoms with Gasteiger partial charge in [-0.25, -0.2) is 0 Å². The molecule has 1 aromatic carbocycles. The molecular weight excluding hydrogens is 266 g/mol. The van der Waals surface area contributed by atoms with Crippen LogP contribution >= 0.6 is 11.8 Å². The summed E-state index contributed by atoms with van der Waals surface area (Å²) in [5.74, 6) is 0.758. The maximum atomic E-state index is 11.5. The molecule has 0 spiro atoms. The van der Waals surface area contributed by atoms with E-state index in [1.807, 2.05) is 0 Å². The minimum Gasteiger partial charge on any atom is -0.293 e. The zero-order valence-electron chi connectivity index (χ0n) is 12.3. The number of nitrogens with zero attached hydrogens (tertiary/aromatic N) is 1. The fourth-order valence-electron chi connectivity index (χ4n) is 3.88. The van der Waals surface area contributed by atoms with E-state index in [4.69, 9.17) is 0 Å². The summed E-state index contributed by atoms with van der Waals surface area (Å²) in [6.45, 7) is 5.08. The van der Waals surface area contributed by atoms with Crippen LogP contribution in [0.25, 0.3) is 0 Å². The van der Waals surface area contributed by atoms with E-state index in [0.717, 1.165) is 18.5 Å². The monoisotopic (exact) mass is 289 g/mol. The third kappa shape index (κ3) is 2.79. The van der Waals surface area contributed by atoms with Gasteiger partial charge in [-0.2, -0.15) is 0 Å². The second-order valence-electron chi connectivity index (χ2n) is 6.16. The number of hydrogen-bond donors (Lipinski definition) is 0. The first-order chi connectivity index (χ1) is 9.65. The largest absolute Gasteiger partial charge is 0.293 e. The van der Waals surface area contributed by atoms with Crippen LogP contribution in [0, 0.1) is 5.92 Å². The Balaban J connectivity index is 1.77.